The van der Waals surface area contributed by atoms with Gasteiger partial charge in [-0.25, -0.2) is 4.79 Å². The maximum Gasteiger partial charge on any atom is 0.340 e. The van der Waals surface area contributed by atoms with Crippen LogP contribution in [0.2, 0.25) is 0 Å². The monoisotopic (exact) mass is 361 g/mol. The molecule has 0 aromatic carbocycles. The lowest BCUT2D eigenvalue weighted by Crippen LogP contribution is -2.46. The quantitative estimate of drug-likeness (QED) is 0.786. The predicted octanol–water partition coefficient (Wildman–Crippen LogP) is 2.08. The summed E-state index contributed by atoms with van der Waals surface area (Å²) >= 11 is 0. The minimum atomic E-state index is -0.435. The van der Waals surface area contributed by atoms with Crippen molar-refractivity contribution < 1.29 is 19.1 Å². The van der Waals surface area contributed by atoms with Crippen LogP contribution in [-0.4, -0.2) is 52.4 Å². The smallest absolute Gasteiger partial charge is 0.340 e. The number of rotatable bonds is 5. The van der Waals surface area contributed by atoms with Crippen LogP contribution in [-0.2, 0) is 9.53 Å². The van der Waals surface area contributed by atoms with Crippen molar-refractivity contribution in [3.8, 4) is 0 Å². The third kappa shape index (κ3) is 3.61. The number of likely N-dealkylation sites (tertiary alicyclic amines) is 1. The topological polar surface area (TPSA) is 91.5 Å². The van der Waals surface area contributed by atoms with Crippen LogP contribution in [0.1, 0.15) is 71.6 Å². The SMILES string of the molecule is Cc1[nH]c(C(=O)N2CCCC2C(=O)NC2CC2)c(C)c1C(=O)OC(C)C. The van der Waals surface area contributed by atoms with Gasteiger partial charge in [0.1, 0.15) is 11.7 Å². The van der Waals surface area contributed by atoms with Gasteiger partial charge in [0.05, 0.1) is 11.7 Å². The first kappa shape index (κ1) is 18.5. The first-order chi connectivity index (χ1) is 12.3. The maximum atomic E-state index is 13.1. The van der Waals surface area contributed by atoms with Crippen LogP contribution in [0.3, 0.4) is 0 Å². The van der Waals surface area contributed by atoms with Crippen LogP contribution in [0, 0.1) is 13.8 Å². The summed E-state index contributed by atoms with van der Waals surface area (Å²) in [5, 5.41) is 2.99. The van der Waals surface area contributed by atoms with Crippen LogP contribution in [0.15, 0.2) is 0 Å². The summed E-state index contributed by atoms with van der Waals surface area (Å²) in [6.07, 6.45) is 3.27. The normalized spacial score (nSPS) is 19.7. The predicted molar refractivity (Wildman–Crippen MR) is 96.0 cm³/mol. The molecule has 3 rings (SSSR count). The fourth-order valence-corrected chi connectivity index (χ4v) is 3.49. The van der Waals surface area contributed by atoms with E-state index in [9.17, 15) is 14.4 Å². The van der Waals surface area contributed by atoms with Gasteiger partial charge in [-0.3, -0.25) is 9.59 Å². The van der Waals surface area contributed by atoms with E-state index in [1.165, 1.54) is 0 Å². The summed E-state index contributed by atoms with van der Waals surface area (Å²) in [7, 11) is 0. The van der Waals surface area contributed by atoms with E-state index in [0.29, 0.717) is 35.5 Å². The summed E-state index contributed by atoms with van der Waals surface area (Å²) in [6, 6.07) is -0.163. The third-order valence-corrected chi connectivity index (χ3v) is 4.94. The van der Waals surface area contributed by atoms with Gasteiger partial charge < -0.3 is 19.9 Å². The van der Waals surface area contributed by atoms with Crippen molar-refractivity contribution in [1.82, 2.24) is 15.2 Å². The molecule has 1 unspecified atom stereocenters. The van der Waals surface area contributed by atoms with Crippen LogP contribution in [0.25, 0.3) is 0 Å². The second-order valence-electron chi connectivity index (χ2n) is 7.52. The molecule has 1 saturated heterocycles. The zero-order valence-electron chi connectivity index (χ0n) is 15.8. The number of hydrogen-bond donors (Lipinski definition) is 2. The van der Waals surface area contributed by atoms with Gasteiger partial charge in [0.25, 0.3) is 5.91 Å². The van der Waals surface area contributed by atoms with Gasteiger partial charge in [0.2, 0.25) is 5.91 Å². The van der Waals surface area contributed by atoms with Gasteiger partial charge in [0, 0.05) is 18.3 Å². The minimum absolute atomic E-state index is 0.0706. The van der Waals surface area contributed by atoms with Gasteiger partial charge in [-0.15, -0.1) is 0 Å². The molecule has 1 saturated carbocycles. The van der Waals surface area contributed by atoms with E-state index in [1.54, 1.807) is 32.6 Å². The largest absolute Gasteiger partial charge is 0.459 e. The molecule has 2 amide bonds. The molecular formula is C19H27N3O4. The fourth-order valence-electron chi connectivity index (χ4n) is 3.49. The number of aromatic amines is 1. The number of carbonyl (C=O) groups is 3. The number of ether oxygens (including phenoxy) is 1. The van der Waals surface area contributed by atoms with Crippen molar-refractivity contribution in [3.63, 3.8) is 0 Å². The number of nitrogens with one attached hydrogen (secondary N) is 2. The zero-order valence-corrected chi connectivity index (χ0v) is 15.8. The lowest BCUT2D eigenvalue weighted by molar-refractivity contribution is -0.125. The maximum absolute atomic E-state index is 13.1. The van der Waals surface area contributed by atoms with E-state index in [-0.39, 0.29) is 24.0 Å². The summed E-state index contributed by atoms with van der Waals surface area (Å²) in [5.41, 5.74) is 1.95. The molecule has 2 N–H and O–H groups in total. The summed E-state index contributed by atoms with van der Waals surface area (Å²) in [4.78, 5) is 42.5. The highest BCUT2D eigenvalue weighted by molar-refractivity contribution is 6.02. The van der Waals surface area contributed by atoms with Crippen LogP contribution < -0.4 is 5.32 Å². The Bertz CT molecular complexity index is 733. The van der Waals surface area contributed by atoms with Crippen molar-refractivity contribution >= 4 is 17.8 Å². The van der Waals surface area contributed by atoms with Gasteiger partial charge in [0.15, 0.2) is 0 Å². The molecular weight excluding hydrogens is 334 g/mol. The fraction of sp³-hybridized carbons (Fsp3) is 0.632. The molecule has 7 heteroatoms. The van der Waals surface area contributed by atoms with E-state index in [4.69, 9.17) is 4.74 Å². The molecule has 2 fully saturated rings. The molecule has 26 heavy (non-hydrogen) atoms. The highest BCUT2D eigenvalue weighted by Gasteiger charge is 2.38. The minimum Gasteiger partial charge on any atom is -0.459 e. The highest BCUT2D eigenvalue weighted by Crippen LogP contribution is 2.26. The molecule has 7 nitrogen and oxygen atoms in total. The molecule has 1 aromatic rings. The van der Waals surface area contributed by atoms with E-state index in [2.05, 4.69) is 10.3 Å². The molecule has 1 aromatic heterocycles. The van der Waals surface area contributed by atoms with Crippen LogP contribution >= 0.6 is 0 Å². The second-order valence-corrected chi connectivity index (χ2v) is 7.52. The Morgan fingerprint density at radius 1 is 1.19 bits per heavy atom. The Morgan fingerprint density at radius 3 is 2.50 bits per heavy atom. The highest BCUT2D eigenvalue weighted by atomic mass is 16.5. The molecule has 0 bridgehead atoms. The number of aromatic nitrogens is 1. The molecule has 142 valence electrons. The van der Waals surface area contributed by atoms with E-state index >= 15 is 0 Å². The van der Waals surface area contributed by atoms with Crippen molar-refractivity contribution in [2.45, 2.75) is 71.6 Å². The summed E-state index contributed by atoms with van der Waals surface area (Å²) < 4.78 is 5.28. The van der Waals surface area contributed by atoms with Gasteiger partial charge in [-0.1, -0.05) is 0 Å². The Kier molecular flexibility index (Phi) is 5.07. The van der Waals surface area contributed by atoms with Crippen molar-refractivity contribution in [2.75, 3.05) is 6.54 Å². The average molecular weight is 361 g/mol. The lowest BCUT2D eigenvalue weighted by atomic mass is 10.1. The van der Waals surface area contributed by atoms with Crippen LogP contribution in [0.5, 0.6) is 0 Å². The molecule has 2 aliphatic rings. The number of H-pyrrole nitrogens is 1. The second kappa shape index (κ2) is 7.13. The summed E-state index contributed by atoms with van der Waals surface area (Å²) in [6.45, 7) is 7.61. The van der Waals surface area contributed by atoms with E-state index < -0.39 is 12.0 Å². The first-order valence-electron chi connectivity index (χ1n) is 9.31. The lowest BCUT2D eigenvalue weighted by Gasteiger charge is -2.24. The van der Waals surface area contributed by atoms with Gasteiger partial charge >= 0.3 is 5.97 Å². The molecule has 0 radical (unpaired) electrons. The Balaban J connectivity index is 1.80. The number of aryl methyl sites for hydroxylation is 1. The number of amides is 2. The number of hydrogen-bond acceptors (Lipinski definition) is 4. The molecule has 1 aliphatic carbocycles. The Labute approximate surface area is 153 Å². The van der Waals surface area contributed by atoms with Gasteiger partial charge in [-0.05, 0) is 58.9 Å². The zero-order chi connectivity index (χ0) is 19.0. The van der Waals surface area contributed by atoms with E-state index in [1.807, 2.05) is 0 Å². The van der Waals surface area contributed by atoms with Gasteiger partial charge in [-0.2, -0.15) is 0 Å². The molecule has 1 atom stereocenters. The Morgan fingerprint density at radius 2 is 1.88 bits per heavy atom. The Hall–Kier alpha value is -2.31. The van der Waals surface area contributed by atoms with Crippen LogP contribution in [0.4, 0.5) is 0 Å². The first-order valence-corrected chi connectivity index (χ1v) is 9.31. The van der Waals surface area contributed by atoms with E-state index in [0.717, 1.165) is 19.3 Å². The number of nitrogens with zero attached hydrogens (tertiary/aromatic N) is 1. The molecule has 0 spiro atoms. The number of carbonyl (C=O) groups excluding carboxylic acids is 3. The van der Waals surface area contributed by atoms with Crippen molar-refractivity contribution in [1.29, 1.82) is 0 Å². The third-order valence-electron chi connectivity index (χ3n) is 4.94. The van der Waals surface area contributed by atoms with Crippen molar-refractivity contribution in [2.24, 2.45) is 0 Å². The standard InChI is InChI=1S/C19H27N3O4/c1-10(2)26-19(25)15-11(3)16(20-12(15)4)18(24)22-9-5-6-14(22)17(23)21-13-7-8-13/h10,13-14,20H,5-9H2,1-4H3,(H,21,23). The average Bonchev–Trinajstić information content (AvgIpc) is 3.13. The number of esters is 1. The van der Waals surface area contributed by atoms with Crippen molar-refractivity contribution in [3.05, 3.63) is 22.5 Å². The molecule has 1 aliphatic heterocycles. The summed E-state index contributed by atoms with van der Waals surface area (Å²) in [5.74, 6) is -0.740. The molecule has 2 heterocycles.